The first-order valence-corrected chi connectivity index (χ1v) is 11.1. The van der Waals surface area contributed by atoms with E-state index in [9.17, 15) is 23.2 Å². The summed E-state index contributed by atoms with van der Waals surface area (Å²) in [5.74, 6) is -1.48. The van der Waals surface area contributed by atoms with Crippen LogP contribution in [0.4, 0.5) is 13.2 Å². The topological polar surface area (TPSA) is 121 Å². The van der Waals surface area contributed by atoms with E-state index in [-0.39, 0.29) is 11.9 Å². The van der Waals surface area contributed by atoms with Gasteiger partial charge in [0.25, 0.3) is 0 Å². The Hall–Kier alpha value is -3.78. The van der Waals surface area contributed by atoms with E-state index >= 15 is 0 Å². The molecule has 2 atom stereocenters. The number of nitrogens with zero attached hydrogens (tertiary/aromatic N) is 1. The van der Waals surface area contributed by atoms with Crippen LogP contribution >= 0.6 is 0 Å². The predicted molar refractivity (Wildman–Crippen MR) is 126 cm³/mol. The number of piperidine rings is 1. The van der Waals surface area contributed by atoms with E-state index in [1.807, 2.05) is 42.5 Å². The van der Waals surface area contributed by atoms with Gasteiger partial charge in [0, 0.05) is 6.42 Å². The first-order chi connectivity index (χ1) is 17.1. The van der Waals surface area contributed by atoms with Gasteiger partial charge in [0.2, 0.25) is 5.91 Å². The predicted octanol–water partition coefficient (Wildman–Crippen LogP) is 3.70. The molecule has 1 aliphatic heterocycles. The van der Waals surface area contributed by atoms with Crippen LogP contribution in [0.25, 0.3) is 11.1 Å². The van der Waals surface area contributed by atoms with Gasteiger partial charge >= 0.3 is 12.1 Å². The van der Waals surface area contributed by atoms with Gasteiger partial charge in [0.15, 0.2) is 11.5 Å². The van der Waals surface area contributed by atoms with Gasteiger partial charge in [-0.2, -0.15) is 18.4 Å². The molecule has 36 heavy (non-hydrogen) atoms. The Bertz CT molecular complexity index is 1060. The molecule has 0 unspecified atom stereocenters. The number of rotatable bonds is 7. The van der Waals surface area contributed by atoms with Gasteiger partial charge in [0.1, 0.15) is 6.04 Å². The maximum Gasteiger partial charge on any atom is 0.490 e. The Morgan fingerprint density at radius 3 is 2.22 bits per heavy atom. The van der Waals surface area contributed by atoms with Crippen molar-refractivity contribution < 1.29 is 37.3 Å². The summed E-state index contributed by atoms with van der Waals surface area (Å²) in [6, 6.07) is 15.3. The largest absolute Gasteiger partial charge is 0.493 e. The van der Waals surface area contributed by atoms with Gasteiger partial charge in [-0.1, -0.05) is 36.8 Å². The van der Waals surface area contributed by atoms with Crippen LogP contribution < -0.4 is 20.1 Å². The number of aliphatic carboxylic acids is 1. The van der Waals surface area contributed by atoms with Crippen molar-refractivity contribution in [3.63, 3.8) is 0 Å². The van der Waals surface area contributed by atoms with Crippen LogP contribution in [0.1, 0.15) is 24.8 Å². The minimum absolute atomic E-state index is 0.0850. The lowest BCUT2D eigenvalue weighted by molar-refractivity contribution is -0.192. The third-order valence-electron chi connectivity index (χ3n) is 5.45. The van der Waals surface area contributed by atoms with Crippen molar-refractivity contribution in [2.24, 2.45) is 0 Å². The standard InChI is InChI=1S/C23H27N3O3.C2HF3O2/c1-28-21-11-10-18(14-22(21)29-2)17-8-6-16(7-9-17)13-19(15-24)26-23(27)20-5-3-4-12-25-20;3-2(4,5)1(6)7/h6-11,14,19-20,25H,3-5,12-13H2,1-2H3,(H,26,27);(H,6,7)/t19-,20-;/m0./s1. The number of carbonyl (C=O) groups is 2. The molecule has 1 saturated heterocycles. The Kier molecular flexibility index (Phi) is 10.5. The molecule has 0 aliphatic carbocycles. The van der Waals surface area contributed by atoms with Gasteiger partial charge in [0.05, 0.1) is 26.3 Å². The fourth-order valence-corrected chi connectivity index (χ4v) is 3.56. The Labute approximate surface area is 207 Å². The molecular weight excluding hydrogens is 479 g/mol. The molecule has 0 aromatic heterocycles. The van der Waals surface area contributed by atoms with Crippen LogP contribution in [-0.4, -0.2) is 56.0 Å². The van der Waals surface area contributed by atoms with Crippen molar-refractivity contribution in [1.29, 1.82) is 5.26 Å². The normalized spacial score (nSPS) is 15.9. The number of alkyl halides is 3. The summed E-state index contributed by atoms with van der Waals surface area (Å²) in [6.07, 6.45) is -1.65. The number of benzene rings is 2. The lowest BCUT2D eigenvalue weighted by atomic mass is 10.00. The van der Waals surface area contributed by atoms with E-state index < -0.39 is 18.2 Å². The minimum Gasteiger partial charge on any atom is -0.493 e. The number of carboxylic acids is 1. The van der Waals surface area contributed by atoms with Gasteiger partial charge in [-0.25, -0.2) is 4.79 Å². The molecule has 0 saturated carbocycles. The molecule has 3 rings (SSSR count). The van der Waals surface area contributed by atoms with Crippen molar-refractivity contribution in [3.05, 3.63) is 48.0 Å². The summed E-state index contributed by atoms with van der Waals surface area (Å²) in [4.78, 5) is 21.3. The van der Waals surface area contributed by atoms with Crippen LogP contribution in [0.2, 0.25) is 0 Å². The quantitative estimate of drug-likeness (QED) is 0.523. The molecular formula is C25H28F3N3O5. The van der Waals surface area contributed by atoms with Crippen LogP contribution in [0.3, 0.4) is 0 Å². The Balaban J connectivity index is 0.000000572. The van der Waals surface area contributed by atoms with Crippen LogP contribution in [0.15, 0.2) is 42.5 Å². The second-order valence-electron chi connectivity index (χ2n) is 7.97. The van der Waals surface area contributed by atoms with Crippen molar-refractivity contribution >= 4 is 11.9 Å². The summed E-state index contributed by atoms with van der Waals surface area (Å²) in [7, 11) is 3.23. The number of carboxylic acid groups (broad SMARTS) is 1. The maximum absolute atomic E-state index is 12.4. The molecule has 2 aromatic carbocycles. The smallest absolute Gasteiger partial charge is 0.490 e. The average molecular weight is 508 g/mol. The third kappa shape index (κ3) is 8.46. The van der Waals surface area contributed by atoms with E-state index in [1.54, 1.807) is 14.2 Å². The highest BCUT2D eigenvalue weighted by atomic mass is 19.4. The summed E-state index contributed by atoms with van der Waals surface area (Å²) in [6.45, 7) is 0.854. The zero-order valence-corrected chi connectivity index (χ0v) is 19.9. The Morgan fingerprint density at radius 2 is 1.72 bits per heavy atom. The van der Waals surface area contributed by atoms with E-state index in [1.165, 1.54) is 0 Å². The third-order valence-corrected chi connectivity index (χ3v) is 5.45. The molecule has 8 nitrogen and oxygen atoms in total. The maximum atomic E-state index is 12.4. The number of nitriles is 1. The number of halogens is 3. The molecule has 1 amide bonds. The van der Waals surface area contributed by atoms with Crippen molar-refractivity contribution in [2.45, 2.75) is 43.9 Å². The summed E-state index contributed by atoms with van der Waals surface area (Å²) >= 11 is 0. The molecule has 11 heteroatoms. The fraction of sp³-hybridized carbons (Fsp3) is 0.400. The zero-order valence-electron chi connectivity index (χ0n) is 19.9. The van der Waals surface area contributed by atoms with Crippen LogP contribution in [-0.2, 0) is 16.0 Å². The van der Waals surface area contributed by atoms with Crippen molar-refractivity contribution in [3.8, 4) is 28.7 Å². The summed E-state index contributed by atoms with van der Waals surface area (Å²) < 4.78 is 42.4. The second kappa shape index (κ2) is 13.3. The van der Waals surface area contributed by atoms with Crippen molar-refractivity contribution in [2.75, 3.05) is 20.8 Å². The highest BCUT2D eigenvalue weighted by Gasteiger charge is 2.38. The van der Waals surface area contributed by atoms with E-state index in [0.29, 0.717) is 17.9 Å². The first-order valence-electron chi connectivity index (χ1n) is 11.1. The van der Waals surface area contributed by atoms with E-state index in [0.717, 1.165) is 42.5 Å². The molecule has 1 heterocycles. The highest BCUT2D eigenvalue weighted by Crippen LogP contribution is 2.32. The van der Waals surface area contributed by atoms with Crippen LogP contribution in [0.5, 0.6) is 11.5 Å². The van der Waals surface area contributed by atoms with Gasteiger partial charge in [-0.15, -0.1) is 0 Å². The fourth-order valence-electron chi connectivity index (χ4n) is 3.56. The molecule has 1 fully saturated rings. The molecule has 3 N–H and O–H groups in total. The van der Waals surface area contributed by atoms with Crippen molar-refractivity contribution in [1.82, 2.24) is 10.6 Å². The number of ether oxygens (including phenoxy) is 2. The lowest BCUT2D eigenvalue weighted by Crippen LogP contribution is -2.49. The summed E-state index contributed by atoms with van der Waals surface area (Å²) in [5, 5.41) is 22.7. The number of amides is 1. The number of nitrogens with one attached hydrogen (secondary N) is 2. The molecule has 194 valence electrons. The van der Waals surface area contributed by atoms with Gasteiger partial charge in [-0.3, -0.25) is 4.79 Å². The zero-order chi connectivity index (χ0) is 26.7. The monoisotopic (exact) mass is 507 g/mol. The number of methoxy groups -OCH3 is 2. The molecule has 0 bridgehead atoms. The summed E-state index contributed by atoms with van der Waals surface area (Å²) in [5.41, 5.74) is 3.05. The molecule has 2 aromatic rings. The van der Waals surface area contributed by atoms with E-state index in [2.05, 4.69) is 16.7 Å². The first kappa shape index (κ1) is 28.5. The number of hydrogen-bond donors (Lipinski definition) is 3. The lowest BCUT2D eigenvalue weighted by Gasteiger charge is -2.23. The van der Waals surface area contributed by atoms with Gasteiger partial charge < -0.3 is 25.2 Å². The highest BCUT2D eigenvalue weighted by molar-refractivity contribution is 5.82. The Morgan fingerprint density at radius 1 is 1.11 bits per heavy atom. The SMILES string of the molecule is COc1ccc(-c2ccc(C[C@@H](C#N)NC(=O)[C@@H]3CCCCN3)cc2)cc1OC.O=C(O)C(F)(F)F. The minimum atomic E-state index is -5.08. The molecule has 1 aliphatic rings. The second-order valence-corrected chi connectivity index (χ2v) is 7.97. The average Bonchev–Trinajstić information content (AvgIpc) is 2.88. The number of carbonyl (C=O) groups excluding carboxylic acids is 1. The van der Waals surface area contributed by atoms with Gasteiger partial charge in [-0.05, 0) is 48.2 Å². The molecule has 0 spiro atoms. The number of hydrogen-bond acceptors (Lipinski definition) is 6. The van der Waals surface area contributed by atoms with E-state index in [4.69, 9.17) is 19.4 Å². The molecule has 0 radical (unpaired) electrons. The van der Waals surface area contributed by atoms with Crippen LogP contribution in [0, 0.1) is 11.3 Å².